The molecule has 2 aliphatic rings. The van der Waals surface area contributed by atoms with Gasteiger partial charge in [-0.05, 0) is 24.3 Å². The topological polar surface area (TPSA) is 77.9 Å². The SMILES string of the molecule is O=C(c1ccc(Cl)cc1)N1CCN(CCO)C2CS(=O)(=O)CC21. The summed E-state index contributed by atoms with van der Waals surface area (Å²) < 4.78 is 24.1. The molecule has 2 atom stereocenters. The molecular weight excluding hydrogens is 340 g/mol. The zero-order valence-electron chi connectivity index (χ0n) is 12.6. The molecule has 1 amide bonds. The van der Waals surface area contributed by atoms with Crippen molar-refractivity contribution in [2.24, 2.45) is 0 Å². The number of piperazine rings is 1. The van der Waals surface area contributed by atoms with Crippen LogP contribution in [0.3, 0.4) is 0 Å². The Hall–Kier alpha value is -1.15. The highest BCUT2D eigenvalue weighted by Crippen LogP contribution is 2.28. The maximum atomic E-state index is 12.7. The number of halogens is 1. The first-order chi connectivity index (χ1) is 10.9. The van der Waals surface area contributed by atoms with Crippen molar-refractivity contribution in [3.05, 3.63) is 34.9 Å². The summed E-state index contributed by atoms with van der Waals surface area (Å²) in [6.07, 6.45) is 0. The Labute approximate surface area is 140 Å². The summed E-state index contributed by atoms with van der Waals surface area (Å²) in [5, 5.41) is 9.72. The fourth-order valence-corrected chi connectivity index (χ4v) is 5.58. The molecule has 0 saturated carbocycles. The third-order valence-electron chi connectivity index (χ3n) is 4.53. The summed E-state index contributed by atoms with van der Waals surface area (Å²) >= 11 is 5.85. The Morgan fingerprint density at radius 2 is 1.83 bits per heavy atom. The molecular formula is C15H19ClN2O4S. The van der Waals surface area contributed by atoms with Crippen molar-refractivity contribution in [1.29, 1.82) is 0 Å². The highest BCUT2D eigenvalue weighted by molar-refractivity contribution is 7.91. The fraction of sp³-hybridized carbons (Fsp3) is 0.533. The number of nitrogens with zero attached hydrogens (tertiary/aromatic N) is 2. The molecule has 0 aromatic heterocycles. The van der Waals surface area contributed by atoms with Gasteiger partial charge < -0.3 is 10.0 Å². The quantitative estimate of drug-likeness (QED) is 0.838. The van der Waals surface area contributed by atoms with Crippen molar-refractivity contribution in [2.75, 3.05) is 37.7 Å². The summed E-state index contributed by atoms with van der Waals surface area (Å²) in [5.41, 5.74) is 0.507. The van der Waals surface area contributed by atoms with Crippen molar-refractivity contribution in [3.8, 4) is 0 Å². The highest BCUT2D eigenvalue weighted by Gasteiger charge is 2.47. The predicted molar refractivity (Wildman–Crippen MR) is 87.4 cm³/mol. The number of fused-ring (bicyclic) bond motifs is 1. The van der Waals surface area contributed by atoms with Crippen LogP contribution < -0.4 is 0 Å². The van der Waals surface area contributed by atoms with Crippen molar-refractivity contribution < 1.29 is 18.3 Å². The first kappa shape index (κ1) is 16.7. The number of benzene rings is 1. The van der Waals surface area contributed by atoms with Gasteiger partial charge in [-0.15, -0.1) is 0 Å². The molecule has 0 aliphatic carbocycles. The van der Waals surface area contributed by atoms with Gasteiger partial charge in [0.25, 0.3) is 5.91 Å². The zero-order chi connectivity index (χ0) is 16.6. The van der Waals surface area contributed by atoms with E-state index in [1.54, 1.807) is 29.2 Å². The zero-order valence-corrected chi connectivity index (χ0v) is 14.1. The van der Waals surface area contributed by atoms with E-state index in [4.69, 9.17) is 16.7 Å². The predicted octanol–water partition coefficient (Wildman–Crippen LogP) is 0.256. The van der Waals surface area contributed by atoms with Crippen LogP contribution in [0, 0.1) is 0 Å². The maximum absolute atomic E-state index is 12.7. The largest absolute Gasteiger partial charge is 0.395 e. The van der Waals surface area contributed by atoms with Crippen LogP contribution >= 0.6 is 11.6 Å². The van der Waals surface area contributed by atoms with Gasteiger partial charge in [0.2, 0.25) is 0 Å². The van der Waals surface area contributed by atoms with Crippen LogP contribution in [0.1, 0.15) is 10.4 Å². The lowest BCUT2D eigenvalue weighted by atomic mass is 10.0. The lowest BCUT2D eigenvalue weighted by Crippen LogP contribution is -2.61. The number of amides is 1. The number of β-amino-alcohol motifs (C(OH)–C–C–N with tert-alkyl or cyclic N) is 1. The van der Waals surface area contributed by atoms with Crippen molar-refractivity contribution >= 4 is 27.3 Å². The van der Waals surface area contributed by atoms with Crippen LogP contribution in [0.4, 0.5) is 0 Å². The Kier molecular flexibility index (Phi) is 4.64. The summed E-state index contributed by atoms with van der Waals surface area (Å²) in [4.78, 5) is 16.4. The van der Waals surface area contributed by atoms with E-state index in [0.717, 1.165) is 0 Å². The van der Waals surface area contributed by atoms with Crippen LogP contribution in [0.5, 0.6) is 0 Å². The summed E-state index contributed by atoms with van der Waals surface area (Å²) in [6, 6.07) is 6.02. The van der Waals surface area contributed by atoms with Gasteiger partial charge in [0.15, 0.2) is 9.84 Å². The number of sulfone groups is 1. The Balaban J connectivity index is 1.86. The standard InChI is InChI=1S/C15H19ClN2O4S/c16-12-3-1-11(2-4-12)15(20)18-6-5-17(7-8-19)13-9-23(21,22)10-14(13)18/h1-4,13-14,19H,5-10H2. The van der Waals surface area contributed by atoms with Gasteiger partial charge in [0, 0.05) is 36.3 Å². The summed E-state index contributed by atoms with van der Waals surface area (Å²) in [7, 11) is -3.17. The second-order valence-electron chi connectivity index (χ2n) is 5.98. The Bertz CT molecular complexity index is 692. The minimum Gasteiger partial charge on any atom is -0.395 e. The van der Waals surface area contributed by atoms with Crippen LogP contribution in [0.2, 0.25) is 5.02 Å². The number of carbonyl (C=O) groups is 1. The number of aliphatic hydroxyl groups is 1. The molecule has 0 spiro atoms. The number of hydrogen-bond donors (Lipinski definition) is 1. The van der Waals surface area contributed by atoms with Crippen LogP contribution in [0.15, 0.2) is 24.3 Å². The number of rotatable bonds is 3. The van der Waals surface area contributed by atoms with E-state index in [9.17, 15) is 13.2 Å². The van der Waals surface area contributed by atoms with E-state index < -0.39 is 9.84 Å². The molecule has 0 radical (unpaired) electrons. The van der Waals surface area contributed by atoms with Gasteiger partial charge in [-0.1, -0.05) is 11.6 Å². The third kappa shape index (κ3) is 3.38. The van der Waals surface area contributed by atoms with E-state index in [1.165, 1.54) is 0 Å². The van der Waals surface area contributed by atoms with Gasteiger partial charge in [0.05, 0.1) is 24.2 Å². The Morgan fingerprint density at radius 1 is 1.17 bits per heavy atom. The smallest absolute Gasteiger partial charge is 0.254 e. The average Bonchev–Trinajstić information content (AvgIpc) is 2.83. The first-order valence-corrected chi connectivity index (χ1v) is 9.73. The second-order valence-corrected chi connectivity index (χ2v) is 8.57. The molecule has 2 fully saturated rings. The maximum Gasteiger partial charge on any atom is 0.254 e. The minimum absolute atomic E-state index is 0.0150. The molecule has 2 unspecified atom stereocenters. The molecule has 1 aromatic rings. The van der Waals surface area contributed by atoms with Gasteiger partial charge in [-0.3, -0.25) is 9.69 Å². The van der Waals surface area contributed by atoms with Gasteiger partial charge >= 0.3 is 0 Å². The van der Waals surface area contributed by atoms with E-state index in [0.29, 0.717) is 30.2 Å². The van der Waals surface area contributed by atoms with Gasteiger partial charge in [0.1, 0.15) is 0 Å². The number of carbonyl (C=O) groups excluding carboxylic acids is 1. The van der Waals surface area contributed by atoms with Crippen LogP contribution in [-0.2, 0) is 9.84 Å². The van der Waals surface area contributed by atoms with E-state index in [2.05, 4.69) is 0 Å². The van der Waals surface area contributed by atoms with Crippen molar-refractivity contribution in [2.45, 2.75) is 12.1 Å². The highest BCUT2D eigenvalue weighted by atomic mass is 35.5. The Morgan fingerprint density at radius 3 is 2.48 bits per heavy atom. The lowest BCUT2D eigenvalue weighted by molar-refractivity contribution is 0.0281. The second kappa shape index (κ2) is 6.39. The van der Waals surface area contributed by atoms with Crippen LogP contribution in [0.25, 0.3) is 0 Å². The number of aliphatic hydroxyl groups excluding tert-OH is 1. The first-order valence-electron chi connectivity index (χ1n) is 7.53. The molecule has 0 bridgehead atoms. The summed E-state index contributed by atoms with van der Waals surface area (Å²) in [6.45, 7) is 1.43. The molecule has 1 N–H and O–H groups in total. The van der Waals surface area contributed by atoms with E-state index in [1.807, 2.05) is 4.90 Å². The molecule has 2 saturated heterocycles. The molecule has 2 aliphatic heterocycles. The third-order valence-corrected chi connectivity index (χ3v) is 6.48. The van der Waals surface area contributed by atoms with Gasteiger partial charge in [-0.25, -0.2) is 8.42 Å². The minimum atomic E-state index is -3.17. The molecule has 8 heteroatoms. The lowest BCUT2D eigenvalue weighted by Gasteiger charge is -2.43. The molecule has 6 nitrogen and oxygen atoms in total. The van der Waals surface area contributed by atoms with E-state index in [-0.39, 0.29) is 36.1 Å². The normalized spacial score (nSPS) is 27.0. The van der Waals surface area contributed by atoms with Crippen molar-refractivity contribution in [1.82, 2.24) is 9.80 Å². The molecule has 1 aromatic carbocycles. The van der Waals surface area contributed by atoms with Crippen LogP contribution in [-0.4, -0.2) is 79.1 Å². The van der Waals surface area contributed by atoms with Gasteiger partial charge in [-0.2, -0.15) is 0 Å². The molecule has 126 valence electrons. The summed E-state index contributed by atoms with van der Waals surface area (Å²) in [5.74, 6) is -0.140. The molecule has 3 rings (SSSR count). The average molecular weight is 359 g/mol. The number of hydrogen-bond acceptors (Lipinski definition) is 5. The monoisotopic (exact) mass is 358 g/mol. The molecule has 2 heterocycles. The fourth-order valence-electron chi connectivity index (χ4n) is 3.44. The van der Waals surface area contributed by atoms with Crippen molar-refractivity contribution in [3.63, 3.8) is 0 Å². The molecule has 23 heavy (non-hydrogen) atoms. The van der Waals surface area contributed by atoms with E-state index >= 15 is 0 Å².